The van der Waals surface area contributed by atoms with E-state index in [0.29, 0.717) is 15.8 Å². The largest absolute Gasteiger partial charge is 0.496 e. The molecule has 0 saturated heterocycles. The maximum absolute atomic E-state index is 11.6. The Balaban J connectivity index is 1.81. The second-order valence-corrected chi connectivity index (χ2v) is 6.85. The molecule has 1 aromatic carbocycles. The van der Waals surface area contributed by atoms with Gasteiger partial charge in [0, 0.05) is 5.56 Å². The molecule has 3 aromatic rings. The van der Waals surface area contributed by atoms with E-state index in [1.165, 1.54) is 29.8 Å². The summed E-state index contributed by atoms with van der Waals surface area (Å²) in [4.78, 5) is 17.0. The van der Waals surface area contributed by atoms with Gasteiger partial charge in [-0.2, -0.15) is 5.10 Å². The van der Waals surface area contributed by atoms with Gasteiger partial charge in [0.05, 0.1) is 25.3 Å². The molecule has 0 unspecified atom stereocenters. The van der Waals surface area contributed by atoms with Crippen LogP contribution in [0, 0.1) is 0 Å². The van der Waals surface area contributed by atoms with Crippen LogP contribution in [0.1, 0.15) is 5.56 Å². The van der Waals surface area contributed by atoms with Gasteiger partial charge in [0.15, 0.2) is 0 Å². The highest BCUT2D eigenvalue weighted by Gasteiger charge is 2.16. The van der Waals surface area contributed by atoms with Crippen molar-refractivity contribution in [1.29, 1.82) is 0 Å². The van der Waals surface area contributed by atoms with Crippen molar-refractivity contribution in [2.75, 3.05) is 25.0 Å². The van der Waals surface area contributed by atoms with Gasteiger partial charge in [-0.1, -0.05) is 29.5 Å². The van der Waals surface area contributed by atoms with Gasteiger partial charge in [-0.05, 0) is 23.6 Å². The molecule has 2 aromatic heterocycles. The summed E-state index contributed by atoms with van der Waals surface area (Å²) in [6, 6.07) is 11.4. The van der Waals surface area contributed by atoms with Crippen molar-refractivity contribution in [3.05, 3.63) is 47.3 Å². The van der Waals surface area contributed by atoms with Crippen molar-refractivity contribution in [3.63, 3.8) is 0 Å². The number of carbonyl (C=O) groups is 1. The number of anilines is 2. The number of nitrogens with one attached hydrogen (secondary N) is 2. The Kier molecular flexibility index (Phi) is 5.82. The Morgan fingerprint density at radius 1 is 1.23 bits per heavy atom. The summed E-state index contributed by atoms with van der Waals surface area (Å²) < 4.78 is 9.95. The Morgan fingerprint density at radius 3 is 2.81 bits per heavy atom. The van der Waals surface area contributed by atoms with Crippen LogP contribution in [0.5, 0.6) is 5.75 Å². The molecular weight excluding hydrogens is 372 g/mol. The quantitative estimate of drug-likeness (QED) is 0.480. The minimum absolute atomic E-state index is 0.546. The van der Waals surface area contributed by atoms with Crippen LogP contribution in [0.2, 0.25) is 0 Å². The van der Waals surface area contributed by atoms with Crippen molar-refractivity contribution in [2.24, 2.45) is 5.10 Å². The van der Waals surface area contributed by atoms with Crippen molar-refractivity contribution in [1.82, 2.24) is 4.98 Å². The number of aromatic nitrogens is 1. The zero-order valence-electron chi connectivity index (χ0n) is 14.1. The van der Waals surface area contributed by atoms with Crippen LogP contribution in [0.3, 0.4) is 0 Å². The van der Waals surface area contributed by atoms with Gasteiger partial charge >= 0.3 is 6.09 Å². The number of thiazole rings is 1. The van der Waals surface area contributed by atoms with Crippen LogP contribution >= 0.6 is 22.7 Å². The minimum atomic E-state index is -0.546. The van der Waals surface area contributed by atoms with E-state index < -0.39 is 6.09 Å². The molecule has 0 radical (unpaired) electrons. The number of rotatable bonds is 6. The zero-order valence-corrected chi connectivity index (χ0v) is 15.7. The fourth-order valence-corrected chi connectivity index (χ4v) is 3.71. The number of benzene rings is 1. The number of hydrogen-bond donors (Lipinski definition) is 2. The second-order valence-electron chi connectivity index (χ2n) is 4.90. The molecule has 26 heavy (non-hydrogen) atoms. The number of nitrogens with zero attached hydrogens (tertiary/aromatic N) is 2. The minimum Gasteiger partial charge on any atom is -0.496 e. The van der Waals surface area contributed by atoms with E-state index in [1.54, 1.807) is 13.3 Å². The summed E-state index contributed by atoms with van der Waals surface area (Å²) in [5.74, 6) is 0.726. The lowest BCUT2D eigenvalue weighted by Crippen LogP contribution is -2.10. The van der Waals surface area contributed by atoms with E-state index in [9.17, 15) is 4.79 Å². The summed E-state index contributed by atoms with van der Waals surface area (Å²) in [5.41, 5.74) is 4.40. The second kappa shape index (κ2) is 8.45. The fraction of sp³-hybridized carbons (Fsp3) is 0.118. The Labute approximate surface area is 158 Å². The van der Waals surface area contributed by atoms with E-state index in [-0.39, 0.29) is 0 Å². The van der Waals surface area contributed by atoms with Gasteiger partial charge in [0.2, 0.25) is 5.13 Å². The predicted octanol–water partition coefficient (Wildman–Crippen LogP) is 4.50. The van der Waals surface area contributed by atoms with Gasteiger partial charge in [0.1, 0.15) is 16.4 Å². The van der Waals surface area contributed by atoms with Crippen LogP contribution < -0.4 is 15.5 Å². The summed E-state index contributed by atoms with van der Waals surface area (Å²) in [7, 11) is 2.93. The van der Waals surface area contributed by atoms with Gasteiger partial charge in [-0.15, -0.1) is 11.3 Å². The van der Waals surface area contributed by atoms with E-state index in [1.807, 2.05) is 41.8 Å². The molecule has 9 heteroatoms. The molecule has 0 bridgehead atoms. The monoisotopic (exact) mass is 388 g/mol. The third-order valence-electron chi connectivity index (χ3n) is 3.29. The topological polar surface area (TPSA) is 84.8 Å². The lowest BCUT2D eigenvalue weighted by atomic mass is 10.2. The number of carbonyl (C=O) groups excluding carboxylic acids is 1. The first kappa shape index (κ1) is 17.9. The number of hydrazone groups is 1. The molecule has 3 rings (SSSR count). The molecule has 2 N–H and O–H groups in total. The van der Waals surface area contributed by atoms with Crippen molar-refractivity contribution < 1.29 is 14.3 Å². The molecule has 0 spiro atoms. The molecule has 2 heterocycles. The van der Waals surface area contributed by atoms with Gasteiger partial charge in [-0.3, -0.25) is 10.7 Å². The first-order valence-electron chi connectivity index (χ1n) is 7.53. The van der Waals surface area contributed by atoms with E-state index in [4.69, 9.17) is 4.74 Å². The number of thiophene rings is 1. The summed E-state index contributed by atoms with van der Waals surface area (Å²) >= 11 is 2.81. The number of hydrogen-bond acceptors (Lipinski definition) is 8. The third kappa shape index (κ3) is 4.19. The zero-order chi connectivity index (χ0) is 18.4. The number of para-hydroxylation sites is 1. The molecule has 1 amide bonds. The maximum Gasteiger partial charge on any atom is 0.412 e. The molecule has 0 aliphatic carbocycles. The van der Waals surface area contributed by atoms with Crippen molar-refractivity contribution in [2.45, 2.75) is 0 Å². The highest BCUT2D eigenvalue weighted by Crippen LogP contribution is 2.38. The number of amides is 1. The predicted molar refractivity (Wildman–Crippen MR) is 106 cm³/mol. The molecule has 0 fully saturated rings. The van der Waals surface area contributed by atoms with E-state index in [2.05, 4.69) is 25.6 Å². The summed E-state index contributed by atoms with van der Waals surface area (Å²) in [6.07, 6.45) is 1.11. The normalized spacial score (nSPS) is 10.7. The molecule has 134 valence electrons. The van der Waals surface area contributed by atoms with E-state index in [0.717, 1.165) is 16.2 Å². The average molecular weight is 388 g/mol. The highest BCUT2D eigenvalue weighted by molar-refractivity contribution is 7.21. The molecule has 0 aliphatic heterocycles. The molecule has 0 aliphatic rings. The smallest absolute Gasteiger partial charge is 0.412 e. The van der Waals surface area contributed by atoms with Crippen LogP contribution in [0.4, 0.5) is 14.9 Å². The van der Waals surface area contributed by atoms with Crippen LogP contribution in [-0.2, 0) is 4.74 Å². The summed E-state index contributed by atoms with van der Waals surface area (Å²) in [5, 5.41) is 9.98. The average Bonchev–Trinajstić information content (AvgIpc) is 3.32. The standard InChI is InChI=1S/C17H16N4O3S2/c1-23-12-7-4-3-6-11(12)10-18-21-16-19-14(13-8-5-9-25-13)15(26-16)20-17(22)24-2/h3-10H,1-2H3,(H,19,21)(H,20,22)/b18-10+. The van der Waals surface area contributed by atoms with Gasteiger partial charge in [0.25, 0.3) is 0 Å². The van der Waals surface area contributed by atoms with Gasteiger partial charge in [-0.25, -0.2) is 9.78 Å². The number of ether oxygens (including phenoxy) is 2. The summed E-state index contributed by atoms with van der Waals surface area (Å²) in [6.45, 7) is 0. The van der Waals surface area contributed by atoms with Crippen molar-refractivity contribution >= 4 is 45.1 Å². The van der Waals surface area contributed by atoms with Crippen LogP contribution in [0.15, 0.2) is 46.9 Å². The fourth-order valence-electron chi connectivity index (χ4n) is 2.11. The van der Waals surface area contributed by atoms with E-state index >= 15 is 0 Å². The highest BCUT2D eigenvalue weighted by atomic mass is 32.1. The van der Waals surface area contributed by atoms with Crippen LogP contribution in [0.25, 0.3) is 10.6 Å². The Bertz CT molecular complexity index is 907. The molecule has 7 nitrogen and oxygen atoms in total. The Morgan fingerprint density at radius 2 is 2.08 bits per heavy atom. The SMILES string of the molecule is COC(=O)Nc1sc(N/N=C/c2ccccc2OC)nc1-c1cccs1. The number of methoxy groups -OCH3 is 2. The lowest BCUT2D eigenvalue weighted by Gasteiger charge is -2.02. The lowest BCUT2D eigenvalue weighted by molar-refractivity contribution is 0.187. The Hall–Kier alpha value is -2.91. The molecular formula is C17H16N4O3S2. The molecule has 0 atom stereocenters. The first-order valence-corrected chi connectivity index (χ1v) is 9.22. The van der Waals surface area contributed by atoms with Gasteiger partial charge < -0.3 is 9.47 Å². The maximum atomic E-state index is 11.6. The molecule has 0 saturated carbocycles. The van der Waals surface area contributed by atoms with Crippen LogP contribution in [-0.4, -0.2) is 31.5 Å². The van der Waals surface area contributed by atoms with Crippen molar-refractivity contribution in [3.8, 4) is 16.3 Å². The first-order chi connectivity index (χ1) is 12.7. The third-order valence-corrected chi connectivity index (χ3v) is 5.04.